The van der Waals surface area contributed by atoms with E-state index in [0.717, 1.165) is 31.0 Å². The van der Waals surface area contributed by atoms with Crippen molar-refractivity contribution in [3.63, 3.8) is 0 Å². The van der Waals surface area contributed by atoms with Gasteiger partial charge in [-0.25, -0.2) is 9.37 Å². The zero-order valence-electron chi connectivity index (χ0n) is 23.5. The summed E-state index contributed by atoms with van der Waals surface area (Å²) in [6.45, 7) is 2.04. The highest BCUT2D eigenvalue weighted by Crippen LogP contribution is 2.45. The standard InChI is InChI=1S/C30H32F4N4O5/c1-16(39)13-42-22-10-5-18(11-23(22)43-20-8-9-20)27(40)37-15-29(41,30(32,33)34)24-12-21-26(36-14-28(21,2)35)25(38-24)17-3-6-19(31)7-4-17/h3-7,10-12,16,20,36,39,41H,8-9,13-15,35H2,1-2H3,(H,37,40). The quantitative estimate of drug-likeness (QED) is 0.219. The van der Waals surface area contributed by atoms with E-state index in [-0.39, 0.29) is 47.6 Å². The molecule has 2 aromatic carbocycles. The van der Waals surface area contributed by atoms with Crippen LogP contribution < -0.4 is 25.8 Å². The maximum atomic E-state index is 14.6. The van der Waals surface area contributed by atoms with Crippen LogP contribution in [0.15, 0.2) is 48.5 Å². The van der Waals surface area contributed by atoms with Gasteiger partial charge in [-0.2, -0.15) is 13.2 Å². The lowest BCUT2D eigenvalue weighted by Crippen LogP contribution is -2.51. The Labute approximate surface area is 245 Å². The summed E-state index contributed by atoms with van der Waals surface area (Å²) in [6, 6.07) is 10.2. The number of alkyl halides is 3. The number of halogens is 4. The average Bonchev–Trinajstić information content (AvgIpc) is 3.71. The molecular weight excluding hydrogens is 572 g/mol. The number of anilines is 1. The fourth-order valence-corrected chi connectivity index (χ4v) is 4.65. The van der Waals surface area contributed by atoms with Crippen LogP contribution in [-0.2, 0) is 11.1 Å². The summed E-state index contributed by atoms with van der Waals surface area (Å²) in [4.78, 5) is 17.3. The number of nitrogens with one attached hydrogen (secondary N) is 2. The lowest BCUT2D eigenvalue weighted by Gasteiger charge is -2.31. The summed E-state index contributed by atoms with van der Waals surface area (Å²) in [5, 5.41) is 26.0. The molecule has 2 heterocycles. The number of carbonyl (C=O) groups excluding carboxylic acids is 1. The number of rotatable bonds is 10. The van der Waals surface area contributed by atoms with Crippen LogP contribution in [0.4, 0.5) is 23.2 Å². The first-order valence-corrected chi connectivity index (χ1v) is 13.7. The van der Waals surface area contributed by atoms with Gasteiger partial charge in [-0.3, -0.25) is 4.79 Å². The second kappa shape index (κ2) is 11.3. The SMILES string of the molecule is CC(O)COc1ccc(C(=O)NCC(O)(c2cc3c(c(-c4ccc(F)cc4)n2)NCC3(C)N)C(F)(F)F)cc1OC1CC1. The molecule has 0 radical (unpaired) electrons. The van der Waals surface area contributed by atoms with E-state index in [1.165, 1.54) is 37.3 Å². The van der Waals surface area contributed by atoms with Crippen molar-refractivity contribution in [2.45, 2.75) is 56.2 Å². The lowest BCUT2D eigenvalue weighted by atomic mass is 9.89. The molecule has 1 fully saturated rings. The predicted octanol–water partition coefficient (Wildman–Crippen LogP) is 3.97. The summed E-state index contributed by atoms with van der Waals surface area (Å²) in [6.07, 6.45) is -4.50. The Kier molecular flexibility index (Phi) is 8.01. The Morgan fingerprint density at radius 3 is 2.51 bits per heavy atom. The summed E-state index contributed by atoms with van der Waals surface area (Å²) in [7, 11) is 0. The van der Waals surface area contributed by atoms with E-state index in [1.807, 2.05) is 0 Å². The third kappa shape index (κ3) is 6.38. The van der Waals surface area contributed by atoms with Gasteiger partial charge in [0.15, 0.2) is 11.5 Å². The summed E-state index contributed by atoms with van der Waals surface area (Å²) >= 11 is 0. The average molecular weight is 605 g/mol. The molecule has 0 bridgehead atoms. The Hall–Kier alpha value is -3.94. The molecule has 3 atom stereocenters. The number of amides is 1. The van der Waals surface area contributed by atoms with Crippen LogP contribution in [0.25, 0.3) is 11.3 Å². The van der Waals surface area contributed by atoms with Crippen molar-refractivity contribution in [1.29, 1.82) is 0 Å². The van der Waals surface area contributed by atoms with Gasteiger partial charge < -0.3 is 36.1 Å². The van der Waals surface area contributed by atoms with E-state index < -0.39 is 47.4 Å². The Morgan fingerprint density at radius 2 is 1.88 bits per heavy atom. The van der Waals surface area contributed by atoms with Gasteiger partial charge in [-0.1, -0.05) is 0 Å². The molecule has 1 aliphatic heterocycles. The number of aliphatic hydroxyl groups excluding tert-OH is 1. The molecule has 2 aliphatic rings. The maximum absolute atomic E-state index is 14.6. The van der Waals surface area contributed by atoms with E-state index in [0.29, 0.717) is 11.3 Å². The van der Waals surface area contributed by atoms with Gasteiger partial charge >= 0.3 is 6.18 Å². The van der Waals surface area contributed by atoms with Crippen LogP contribution in [-0.4, -0.2) is 59.2 Å². The molecule has 1 amide bonds. The van der Waals surface area contributed by atoms with E-state index in [1.54, 1.807) is 6.92 Å². The number of hydrogen-bond donors (Lipinski definition) is 5. The molecule has 230 valence electrons. The fourth-order valence-electron chi connectivity index (χ4n) is 4.65. The van der Waals surface area contributed by atoms with Crippen molar-refractivity contribution in [1.82, 2.24) is 10.3 Å². The Bertz CT molecular complexity index is 1510. The Balaban J connectivity index is 1.47. The first-order valence-electron chi connectivity index (χ1n) is 13.7. The fraction of sp³-hybridized carbons (Fsp3) is 0.400. The molecule has 6 N–H and O–H groups in total. The van der Waals surface area contributed by atoms with Crippen molar-refractivity contribution in [3.05, 3.63) is 71.2 Å². The number of hydrogen-bond acceptors (Lipinski definition) is 8. The van der Waals surface area contributed by atoms with Crippen LogP contribution in [0.2, 0.25) is 0 Å². The van der Waals surface area contributed by atoms with Gasteiger partial charge in [-0.05, 0) is 75.2 Å². The molecule has 9 nitrogen and oxygen atoms in total. The highest BCUT2D eigenvalue weighted by molar-refractivity contribution is 5.95. The number of nitrogens with two attached hydrogens (primary N) is 1. The number of fused-ring (bicyclic) bond motifs is 1. The van der Waals surface area contributed by atoms with Crippen LogP contribution in [0, 0.1) is 5.82 Å². The molecule has 0 saturated heterocycles. The number of nitrogens with zero attached hydrogens (tertiary/aromatic N) is 1. The minimum absolute atomic E-state index is 0.0304. The number of benzene rings is 2. The van der Waals surface area contributed by atoms with Crippen molar-refractivity contribution in [2.75, 3.05) is 25.0 Å². The van der Waals surface area contributed by atoms with Gasteiger partial charge in [0.25, 0.3) is 5.91 Å². The van der Waals surface area contributed by atoms with Crippen molar-refractivity contribution < 1.29 is 42.0 Å². The zero-order valence-corrected chi connectivity index (χ0v) is 23.5. The molecule has 0 spiro atoms. The number of carbonyl (C=O) groups is 1. The molecule has 13 heteroatoms. The van der Waals surface area contributed by atoms with Gasteiger partial charge in [0.2, 0.25) is 5.60 Å². The summed E-state index contributed by atoms with van der Waals surface area (Å²) in [5.74, 6) is -0.974. The number of aromatic nitrogens is 1. The monoisotopic (exact) mass is 604 g/mol. The van der Waals surface area contributed by atoms with Gasteiger partial charge in [0, 0.05) is 23.2 Å². The number of aliphatic hydroxyl groups is 2. The third-order valence-corrected chi connectivity index (χ3v) is 7.29. The van der Waals surface area contributed by atoms with Gasteiger partial charge in [0.1, 0.15) is 12.4 Å². The lowest BCUT2D eigenvalue weighted by molar-refractivity contribution is -0.265. The molecule has 5 rings (SSSR count). The van der Waals surface area contributed by atoms with Crippen LogP contribution in [0.1, 0.15) is 48.3 Å². The Morgan fingerprint density at radius 1 is 1.19 bits per heavy atom. The maximum Gasteiger partial charge on any atom is 0.424 e. The molecule has 3 aromatic rings. The number of pyridine rings is 1. The smallest absolute Gasteiger partial charge is 0.424 e. The molecule has 1 aliphatic carbocycles. The van der Waals surface area contributed by atoms with Crippen LogP contribution in [0.5, 0.6) is 11.5 Å². The normalized spacial score (nSPS) is 20.0. The van der Waals surface area contributed by atoms with Gasteiger partial charge in [-0.15, -0.1) is 0 Å². The largest absolute Gasteiger partial charge is 0.487 e. The van der Waals surface area contributed by atoms with Crippen molar-refractivity contribution >= 4 is 11.6 Å². The summed E-state index contributed by atoms with van der Waals surface area (Å²) in [5.41, 5.74) is 1.84. The molecule has 3 unspecified atom stereocenters. The highest BCUT2D eigenvalue weighted by Gasteiger charge is 2.57. The van der Waals surface area contributed by atoms with Crippen molar-refractivity contribution in [2.24, 2.45) is 5.73 Å². The second-order valence-corrected chi connectivity index (χ2v) is 11.2. The highest BCUT2D eigenvalue weighted by atomic mass is 19.4. The first-order chi connectivity index (χ1) is 20.2. The summed E-state index contributed by atoms with van der Waals surface area (Å²) < 4.78 is 68.8. The number of ether oxygens (including phenoxy) is 2. The van der Waals surface area contributed by atoms with E-state index >= 15 is 0 Å². The second-order valence-electron chi connectivity index (χ2n) is 11.2. The molecule has 43 heavy (non-hydrogen) atoms. The van der Waals surface area contributed by atoms with Crippen LogP contribution >= 0.6 is 0 Å². The van der Waals surface area contributed by atoms with Crippen LogP contribution in [0.3, 0.4) is 0 Å². The van der Waals surface area contributed by atoms with Crippen molar-refractivity contribution in [3.8, 4) is 22.8 Å². The first kappa shape index (κ1) is 30.5. The molecular formula is C30H32F4N4O5. The minimum atomic E-state index is -5.27. The van der Waals surface area contributed by atoms with E-state index in [4.69, 9.17) is 15.2 Å². The predicted molar refractivity (Wildman–Crippen MR) is 149 cm³/mol. The zero-order chi connectivity index (χ0) is 31.2. The molecule has 1 saturated carbocycles. The third-order valence-electron chi connectivity index (χ3n) is 7.29. The minimum Gasteiger partial charge on any atom is -0.487 e. The molecule has 1 aromatic heterocycles. The van der Waals surface area contributed by atoms with E-state index in [9.17, 15) is 32.6 Å². The van der Waals surface area contributed by atoms with E-state index in [2.05, 4.69) is 15.6 Å². The van der Waals surface area contributed by atoms with Gasteiger partial charge in [0.05, 0.1) is 41.4 Å². The topological polar surface area (TPSA) is 139 Å².